The van der Waals surface area contributed by atoms with Gasteiger partial charge in [-0.3, -0.25) is 4.79 Å². The van der Waals surface area contributed by atoms with Crippen LogP contribution in [0.4, 0.5) is 0 Å². The lowest BCUT2D eigenvalue weighted by molar-refractivity contribution is -0.113. The molecule has 5 heteroatoms. The summed E-state index contributed by atoms with van der Waals surface area (Å²) in [5, 5.41) is 19.4. The Morgan fingerprint density at radius 1 is 0.774 bits per heavy atom. The van der Waals surface area contributed by atoms with Crippen molar-refractivity contribution in [3.05, 3.63) is 83.0 Å². The van der Waals surface area contributed by atoms with Gasteiger partial charge in [0.25, 0.3) is 0 Å². The van der Waals surface area contributed by atoms with Gasteiger partial charge in [-0.2, -0.15) is 0 Å². The number of benzene rings is 2. The van der Waals surface area contributed by atoms with Crippen molar-refractivity contribution in [1.82, 2.24) is 0 Å². The number of hydrogen-bond acceptors (Lipinski definition) is 5. The SMILES string of the molecule is COc1cc(/C=C/C=C2\CCC/C(=C\C=C\c3ccc(O)c(OC)c3)C2=O)ccc1O. The average Bonchev–Trinajstić information content (AvgIpc) is 2.78. The second-order valence-corrected chi connectivity index (χ2v) is 7.15. The Kier molecular flexibility index (Phi) is 7.33. The standard InChI is InChI=1S/C26H26O5/c1-30-24-16-18(12-14-22(24)27)6-3-8-20-10-5-11-21(26(20)29)9-4-7-19-13-15-23(28)25(17-19)31-2/h3-4,6-9,12-17,27-28H,5,10-11H2,1-2H3/b6-3+,7-4+,20-8+,21-9+. The van der Waals surface area contributed by atoms with Crippen molar-refractivity contribution < 1.29 is 24.5 Å². The number of ether oxygens (including phenoxy) is 2. The van der Waals surface area contributed by atoms with E-state index in [4.69, 9.17) is 9.47 Å². The molecule has 1 saturated carbocycles. The van der Waals surface area contributed by atoms with Crippen LogP contribution >= 0.6 is 0 Å². The molecule has 0 atom stereocenters. The van der Waals surface area contributed by atoms with Crippen LogP contribution in [0.1, 0.15) is 30.4 Å². The molecule has 2 aromatic carbocycles. The second-order valence-electron chi connectivity index (χ2n) is 7.15. The number of hydrogen-bond donors (Lipinski definition) is 2. The zero-order chi connectivity index (χ0) is 22.2. The van der Waals surface area contributed by atoms with Crippen LogP contribution in [-0.2, 0) is 4.79 Å². The van der Waals surface area contributed by atoms with E-state index >= 15 is 0 Å². The van der Waals surface area contributed by atoms with Crippen LogP contribution in [-0.4, -0.2) is 30.2 Å². The first-order valence-electron chi connectivity index (χ1n) is 10.0. The maximum absolute atomic E-state index is 12.8. The van der Waals surface area contributed by atoms with Crippen LogP contribution in [0, 0.1) is 0 Å². The molecular formula is C26H26O5. The van der Waals surface area contributed by atoms with E-state index in [1.54, 1.807) is 36.4 Å². The quantitative estimate of drug-likeness (QED) is 0.610. The predicted molar refractivity (Wildman–Crippen MR) is 122 cm³/mol. The van der Waals surface area contributed by atoms with E-state index in [1.807, 2.05) is 36.5 Å². The Labute approximate surface area is 182 Å². The molecule has 0 unspecified atom stereocenters. The van der Waals surface area contributed by atoms with Crippen molar-refractivity contribution in [2.24, 2.45) is 0 Å². The summed E-state index contributed by atoms with van der Waals surface area (Å²) in [6.07, 6.45) is 13.6. The monoisotopic (exact) mass is 418 g/mol. The lowest BCUT2D eigenvalue weighted by atomic mass is 9.88. The zero-order valence-electron chi connectivity index (χ0n) is 17.7. The van der Waals surface area contributed by atoms with Crippen molar-refractivity contribution in [3.63, 3.8) is 0 Å². The van der Waals surface area contributed by atoms with E-state index in [0.717, 1.165) is 41.5 Å². The van der Waals surface area contributed by atoms with Crippen molar-refractivity contribution in [2.75, 3.05) is 14.2 Å². The number of rotatable bonds is 6. The highest BCUT2D eigenvalue weighted by Crippen LogP contribution is 2.29. The number of methoxy groups -OCH3 is 2. The number of ketones is 1. The number of allylic oxidation sites excluding steroid dienone is 6. The maximum atomic E-state index is 12.8. The molecule has 0 bridgehead atoms. The molecule has 1 fully saturated rings. The summed E-state index contributed by atoms with van der Waals surface area (Å²) in [5.74, 6) is 1.06. The number of Topliss-reactive ketones (excluding diaryl/α,β-unsaturated/α-hetero) is 1. The summed E-state index contributed by atoms with van der Waals surface area (Å²) in [4.78, 5) is 12.8. The first-order valence-corrected chi connectivity index (χ1v) is 10.0. The van der Waals surface area contributed by atoms with Crippen LogP contribution in [0.25, 0.3) is 12.2 Å². The fraction of sp³-hybridized carbons (Fsp3) is 0.192. The normalized spacial score (nSPS) is 17.2. The van der Waals surface area contributed by atoms with Gasteiger partial charge in [0.15, 0.2) is 28.8 Å². The summed E-state index contributed by atoms with van der Waals surface area (Å²) in [7, 11) is 3.01. The molecule has 0 aliphatic heterocycles. The number of phenolic OH excluding ortho intramolecular Hbond substituents is 2. The van der Waals surface area contributed by atoms with Crippen LogP contribution in [0.15, 0.2) is 71.8 Å². The Bertz CT molecular complexity index is 990. The third-order valence-electron chi connectivity index (χ3n) is 5.06. The third-order valence-corrected chi connectivity index (χ3v) is 5.06. The van der Waals surface area contributed by atoms with Crippen molar-refractivity contribution >= 4 is 17.9 Å². The van der Waals surface area contributed by atoms with Gasteiger partial charge in [0.2, 0.25) is 0 Å². The largest absolute Gasteiger partial charge is 0.504 e. The molecule has 2 aromatic rings. The smallest absolute Gasteiger partial charge is 0.184 e. The van der Waals surface area contributed by atoms with Gasteiger partial charge in [-0.15, -0.1) is 0 Å². The van der Waals surface area contributed by atoms with Crippen LogP contribution < -0.4 is 9.47 Å². The summed E-state index contributed by atoms with van der Waals surface area (Å²) < 4.78 is 10.2. The van der Waals surface area contributed by atoms with Crippen LogP contribution in [0.5, 0.6) is 23.0 Å². The summed E-state index contributed by atoms with van der Waals surface area (Å²) in [6.45, 7) is 0. The molecule has 0 saturated heterocycles. The molecule has 31 heavy (non-hydrogen) atoms. The minimum Gasteiger partial charge on any atom is -0.504 e. The van der Waals surface area contributed by atoms with Crippen molar-refractivity contribution in [1.29, 1.82) is 0 Å². The highest BCUT2D eigenvalue weighted by Gasteiger charge is 2.19. The fourth-order valence-corrected chi connectivity index (χ4v) is 3.37. The molecule has 1 aliphatic rings. The van der Waals surface area contributed by atoms with E-state index in [2.05, 4.69) is 0 Å². The number of aromatic hydroxyl groups is 2. The Hall–Kier alpha value is -3.73. The van der Waals surface area contributed by atoms with Gasteiger partial charge in [-0.05, 0) is 65.8 Å². The molecule has 0 aromatic heterocycles. The van der Waals surface area contributed by atoms with E-state index in [0.29, 0.717) is 11.5 Å². The van der Waals surface area contributed by atoms with Crippen molar-refractivity contribution in [3.8, 4) is 23.0 Å². The van der Waals surface area contributed by atoms with Gasteiger partial charge in [-0.1, -0.05) is 48.6 Å². The molecule has 0 heterocycles. The molecule has 3 rings (SSSR count). The zero-order valence-corrected chi connectivity index (χ0v) is 17.7. The van der Waals surface area contributed by atoms with Gasteiger partial charge in [-0.25, -0.2) is 0 Å². The number of carbonyl (C=O) groups is 1. The van der Waals surface area contributed by atoms with Gasteiger partial charge < -0.3 is 19.7 Å². The lowest BCUT2D eigenvalue weighted by Crippen LogP contribution is -2.12. The molecule has 2 N–H and O–H groups in total. The fourth-order valence-electron chi connectivity index (χ4n) is 3.37. The number of carbonyl (C=O) groups excluding carboxylic acids is 1. The highest BCUT2D eigenvalue weighted by atomic mass is 16.5. The summed E-state index contributed by atoms with van der Waals surface area (Å²) in [6, 6.07) is 10.2. The van der Waals surface area contributed by atoms with E-state index < -0.39 is 0 Å². The molecule has 0 amide bonds. The molecule has 0 spiro atoms. The van der Waals surface area contributed by atoms with Crippen LogP contribution in [0.3, 0.4) is 0 Å². The topological polar surface area (TPSA) is 76.0 Å². The molecule has 5 nitrogen and oxygen atoms in total. The first-order chi connectivity index (χ1) is 15.0. The van der Waals surface area contributed by atoms with Crippen LogP contribution in [0.2, 0.25) is 0 Å². The van der Waals surface area contributed by atoms with Gasteiger partial charge in [0.05, 0.1) is 14.2 Å². The minimum absolute atomic E-state index is 0.0622. The average molecular weight is 418 g/mol. The maximum Gasteiger partial charge on any atom is 0.184 e. The van der Waals surface area contributed by atoms with E-state index in [-0.39, 0.29) is 17.3 Å². The Morgan fingerprint density at radius 2 is 1.23 bits per heavy atom. The van der Waals surface area contributed by atoms with Gasteiger partial charge in [0.1, 0.15) is 0 Å². The summed E-state index contributed by atoms with van der Waals surface area (Å²) >= 11 is 0. The predicted octanol–water partition coefficient (Wildman–Crippen LogP) is 5.45. The van der Waals surface area contributed by atoms with Gasteiger partial charge >= 0.3 is 0 Å². The second kappa shape index (κ2) is 10.3. The van der Waals surface area contributed by atoms with E-state index in [1.165, 1.54) is 14.2 Å². The minimum atomic E-state index is 0.0622. The van der Waals surface area contributed by atoms with E-state index in [9.17, 15) is 15.0 Å². The molecular weight excluding hydrogens is 392 g/mol. The Balaban J connectivity index is 1.70. The first kappa shape index (κ1) is 22.0. The third kappa shape index (κ3) is 5.66. The van der Waals surface area contributed by atoms with Crippen molar-refractivity contribution in [2.45, 2.75) is 19.3 Å². The van der Waals surface area contributed by atoms with Gasteiger partial charge in [0, 0.05) is 0 Å². The number of phenols is 2. The lowest BCUT2D eigenvalue weighted by Gasteiger charge is -2.15. The molecule has 1 aliphatic carbocycles. The summed E-state index contributed by atoms with van der Waals surface area (Å²) in [5.41, 5.74) is 3.30. The highest BCUT2D eigenvalue weighted by molar-refractivity contribution is 6.09. The Morgan fingerprint density at radius 3 is 1.65 bits per heavy atom. The molecule has 0 radical (unpaired) electrons. The molecule has 160 valence electrons.